The Hall–Kier alpha value is -2.14. The highest BCUT2D eigenvalue weighted by molar-refractivity contribution is 5.84. The molecule has 0 saturated carbocycles. The molecule has 1 unspecified atom stereocenters. The van der Waals surface area contributed by atoms with Gasteiger partial charge in [0.2, 0.25) is 5.91 Å². The molecular weight excluding hydrogens is 292 g/mol. The molecule has 0 radical (unpaired) electrons. The van der Waals surface area contributed by atoms with Crippen LogP contribution in [0.3, 0.4) is 0 Å². The number of hydrogen-bond donors (Lipinski definition) is 2. The van der Waals surface area contributed by atoms with Crippen LogP contribution < -0.4 is 10.1 Å². The van der Waals surface area contributed by atoms with Crippen LogP contribution in [0.2, 0.25) is 0 Å². The second kappa shape index (κ2) is 8.48. The van der Waals surface area contributed by atoms with E-state index in [0.717, 1.165) is 16.7 Å². The number of para-hydroxylation sites is 1. The molecule has 1 heterocycles. The first-order valence-electron chi connectivity index (χ1n) is 7.99. The number of ether oxygens (including phenoxy) is 1. The Morgan fingerprint density at radius 2 is 2.09 bits per heavy atom. The number of pyridine rings is 1. The third-order valence-electron chi connectivity index (χ3n) is 3.66. The third kappa shape index (κ3) is 5.21. The zero-order chi connectivity index (χ0) is 16.7. The van der Waals surface area contributed by atoms with Crippen LogP contribution in [0.4, 0.5) is 0 Å². The lowest BCUT2D eigenvalue weighted by molar-refractivity contribution is -0.123. The van der Waals surface area contributed by atoms with Gasteiger partial charge in [-0.1, -0.05) is 32.0 Å². The Morgan fingerprint density at radius 3 is 2.87 bits per heavy atom. The van der Waals surface area contributed by atoms with Gasteiger partial charge in [0.15, 0.2) is 0 Å². The number of aliphatic hydroxyl groups excluding tert-OH is 1. The standard InChI is InChI=1S/C18H24N2O3/c1-13(2)15(21)12-17(22)19-10-5-11-23-16-8-3-6-14-7-4-9-20-18(14)16/h3-4,6-9,13,15,21H,5,10-12H2,1-2H3,(H,19,22). The number of aromatic nitrogens is 1. The van der Waals surface area contributed by atoms with Gasteiger partial charge in [0.05, 0.1) is 19.1 Å². The maximum absolute atomic E-state index is 11.6. The van der Waals surface area contributed by atoms with Crippen molar-refractivity contribution in [3.63, 3.8) is 0 Å². The monoisotopic (exact) mass is 316 g/mol. The summed E-state index contributed by atoms with van der Waals surface area (Å²) >= 11 is 0. The first-order chi connectivity index (χ1) is 11.1. The van der Waals surface area contributed by atoms with E-state index in [1.54, 1.807) is 6.20 Å². The third-order valence-corrected chi connectivity index (χ3v) is 3.66. The van der Waals surface area contributed by atoms with Gasteiger partial charge in [-0.2, -0.15) is 0 Å². The van der Waals surface area contributed by atoms with Crippen LogP contribution in [0.1, 0.15) is 26.7 Å². The average Bonchev–Trinajstić information content (AvgIpc) is 2.54. The zero-order valence-electron chi connectivity index (χ0n) is 13.7. The molecule has 1 aromatic heterocycles. The number of aliphatic hydroxyl groups is 1. The van der Waals surface area contributed by atoms with Crippen LogP contribution >= 0.6 is 0 Å². The van der Waals surface area contributed by atoms with Gasteiger partial charge in [-0.15, -0.1) is 0 Å². The van der Waals surface area contributed by atoms with E-state index in [9.17, 15) is 9.90 Å². The second-order valence-electron chi connectivity index (χ2n) is 5.90. The van der Waals surface area contributed by atoms with Gasteiger partial charge in [-0.05, 0) is 24.5 Å². The van der Waals surface area contributed by atoms with Crippen LogP contribution in [0.15, 0.2) is 36.5 Å². The molecule has 5 nitrogen and oxygen atoms in total. The molecule has 2 N–H and O–H groups in total. The van der Waals surface area contributed by atoms with Crippen LogP contribution in [0, 0.1) is 5.92 Å². The Bertz CT molecular complexity index is 638. The van der Waals surface area contributed by atoms with E-state index >= 15 is 0 Å². The summed E-state index contributed by atoms with van der Waals surface area (Å²) in [5.74, 6) is 0.714. The fourth-order valence-electron chi connectivity index (χ4n) is 2.17. The summed E-state index contributed by atoms with van der Waals surface area (Å²) in [6, 6.07) is 9.72. The largest absolute Gasteiger partial charge is 0.491 e. The zero-order valence-corrected chi connectivity index (χ0v) is 13.7. The normalized spacial score (nSPS) is 12.3. The van der Waals surface area contributed by atoms with Gasteiger partial charge in [-0.3, -0.25) is 9.78 Å². The molecule has 0 fully saturated rings. The van der Waals surface area contributed by atoms with Crippen molar-refractivity contribution in [1.29, 1.82) is 0 Å². The summed E-state index contributed by atoms with van der Waals surface area (Å²) in [6.45, 7) is 4.82. The molecule has 2 aromatic rings. The van der Waals surface area contributed by atoms with Crippen LogP contribution in [-0.2, 0) is 4.79 Å². The molecule has 0 aliphatic rings. The number of fused-ring (bicyclic) bond motifs is 1. The van der Waals surface area contributed by atoms with Crippen molar-refractivity contribution >= 4 is 16.8 Å². The van der Waals surface area contributed by atoms with Crippen LogP contribution in [0.25, 0.3) is 10.9 Å². The lowest BCUT2D eigenvalue weighted by atomic mass is 10.0. The topological polar surface area (TPSA) is 71.5 Å². The number of nitrogens with zero attached hydrogens (tertiary/aromatic N) is 1. The highest BCUT2D eigenvalue weighted by Gasteiger charge is 2.13. The molecule has 2 rings (SSSR count). The fraction of sp³-hybridized carbons (Fsp3) is 0.444. The Morgan fingerprint density at radius 1 is 1.30 bits per heavy atom. The first-order valence-corrected chi connectivity index (χ1v) is 7.99. The maximum Gasteiger partial charge on any atom is 0.222 e. The lowest BCUT2D eigenvalue weighted by Crippen LogP contribution is -2.30. The maximum atomic E-state index is 11.6. The molecule has 23 heavy (non-hydrogen) atoms. The molecule has 124 valence electrons. The molecule has 1 atom stereocenters. The highest BCUT2D eigenvalue weighted by atomic mass is 16.5. The van der Waals surface area contributed by atoms with E-state index in [1.165, 1.54) is 0 Å². The Balaban J connectivity index is 1.72. The molecule has 5 heteroatoms. The quantitative estimate of drug-likeness (QED) is 0.734. The molecular formula is C18H24N2O3. The number of benzene rings is 1. The Kier molecular flexibility index (Phi) is 6.35. The summed E-state index contributed by atoms with van der Waals surface area (Å²) in [6.07, 6.45) is 2.00. The van der Waals surface area contributed by atoms with Crippen molar-refractivity contribution < 1.29 is 14.6 Å². The molecule has 0 bridgehead atoms. The van der Waals surface area contributed by atoms with Crippen molar-refractivity contribution in [3.05, 3.63) is 36.5 Å². The van der Waals surface area contributed by atoms with Crippen molar-refractivity contribution in [2.24, 2.45) is 5.92 Å². The molecule has 0 spiro atoms. The van der Waals surface area contributed by atoms with Gasteiger partial charge in [0, 0.05) is 18.1 Å². The number of hydrogen-bond acceptors (Lipinski definition) is 4. The van der Waals surface area contributed by atoms with Gasteiger partial charge in [-0.25, -0.2) is 0 Å². The molecule has 0 aliphatic heterocycles. The number of carbonyl (C=O) groups is 1. The van der Waals surface area contributed by atoms with E-state index < -0.39 is 6.10 Å². The number of nitrogens with one attached hydrogen (secondary N) is 1. The minimum atomic E-state index is -0.590. The summed E-state index contributed by atoms with van der Waals surface area (Å²) in [5, 5.41) is 13.5. The molecule has 0 aliphatic carbocycles. The van der Waals surface area contributed by atoms with Crippen LogP contribution in [0.5, 0.6) is 5.75 Å². The number of amides is 1. The van der Waals surface area contributed by atoms with Crippen molar-refractivity contribution in [2.45, 2.75) is 32.8 Å². The molecule has 1 aromatic carbocycles. The summed E-state index contributed by atoms with van der Waals surface area (Å²) < 4.78 is 5.76. The summed E-state index contributed by atoms with van der Waals surface area (Å²) in [7, 11) is 0. The molecule has 1 amide bonds. The minimum absolute atomic E-state index is 0.0861. The van der Waals surface area contributed by atoms with E-state index in [-0.39, 0.29) is 18.2 Å². The Labute approximate surface area is 136 Å². The number of carbonyl (C=O) groups excluding carboxylic acids is 1. The lowest BCUT2D eigenvalue weighted by Gasteiger charge is -2.14. The highest BCUT2D eigenvalue weighted by Crippen LogP contribution is 2.22. The van der Waals surface area contributed by atoms with E-state index in [2.05, 4.69) is 10.3 Å². The van der Waals surface area contributed by atoms with Crippen molar-refractivity contribution in [2.75, 3.05) is 13.2 Å². The second-order valence-corrected chi connectivity index (χ2v) is 5.90. The average molecular weight is 316 g/mol. The summed E-state index contributed by atoms with van der Waals surface area (Å²) in [5.41, 5.74) is 0.846. The van der Waals surface area contributed by atoms with Gasteiger partial charge in [0.25, 0.3) is 0 Å². The van der Waals surface area contributed by atoms with Crippen LogP contribution in [-0.4, -0.2) is 35.3 Å². The summed E-state index contributed by atoms with van der Waals surface area (Å²) in [4.78, 5) is 16.0. The van der Waals surface area contributed by atoms with E-state index in [1.807, 2.05) is 44.2 Å². The van der Waals surface area contributed by atoms with E-state index in [0.29, 0.717) is 19.6 Å². The van der Waals surface area contributed by atoms with Gasteiger partial charge in [0.1, 0.15) is 11.3 Å². The van der Waals surface area contributed by atoms with E-state index in [4.69, 9.17) is 4.74 Å². The predicted octanol–water partition coefficient (Wildman–Crippen LogP) is 2.53. The predicted molar refractivity (Wildman–Crippen MR) is 90.3 cm³/mol. The SMILES string of the molecule is CC(C)C(O)CC(=O)NCCCOc1cccc2cccnc12. The number of rotatable bonds is 8. The van der Waals surface area contributed by atoms with Crippen molar-refractivity contribution in [3.8, 4) is 5.75 Å². The molecule has 0 saturated heterocycles. The van der Waals surface area contributed by atoms with Gasteiger partial charge >= 0.3 is 0 Å². The smallest absolute Gasteiger partial charge is 0.222 e. The minimum Gasteiger partial charge on any atom is -0.491 e. The van der Waals surface area contributed by atoms with Gasteiger partial charge < -0.3 is 15.2 Å². The van der Waals surface area contributed by atoms with Crippen molar-refractivity contribution in [1.82, 2.24) is 10.3 Å². The fourth-order valence-corrected chi connectivity index (χ4v) is 2.17. The first kappa shape index (κ1) is 17.2.